The fourth-order valence-corrected chi connectivity index (χ4v) is 7.19. The van der Waals surface area contributed by atoms with Crippen molar-refractivity contribution < 1.29 is 45.0 Å². The highest BCUT2D eigenvalue weighted by atomic mass is 127. The number of aliphatic hydroxyl groups excluding tert-OH is 6. The van der Waals surface area contributed by atoms with Gasteiger partial charge in [0.05, 0.1) is 81.2 Å². The van der Waals surface area contributed by atoms with Gasteiger partial charge >= 0.3 is 0 Å². The Labute approximate surface area is 241 Å². The first-order valence-electron chi connectivity index (χ1n) is 10.0. The van der Waals surface area contributed by atoms with Crippen molar-refractivity contribution in [3.63, 3.8) is 0 Å². The van der Waals surface area contributed by atoms with Gasteiger partial charge in [0.2, 0.25) is 5.91 Å². The smallest absolute Gasteiger partial charge is 0.253 e. The molecule has 198 valence electrons. The minimum absolute atomic E-state index is 0.0524. The van der Waals surface area contributed by atoms with Gasteiger partial charge in [0, 0.05) is 3.57 Å². The minimum Gasteiger partial charge on any atom is -0.394 e. The molecule has 0 saturated heterocycles. The van der Waals surface area contributed by atoms with Crippen LogP contribution in [0.3, 0.4) is 0 Å². The van der Waals surface area contributed by atoms with E-state index in [1.165, 1.54) is 0 Å². The molecule has 3 amide bonds. The summed E-state index contributed by atoms with van der Waals surface area (Å²) < 4.78 is 0.668. The Balaban J connectivity index is 3.66. The second-order valence-corrected chi connectivity index (χ2v) is 10.4. The molecule has 1 rings (SSSR count). The van der Waals surface area contributed by atoms with Crippen LogP contribution in [0.4, 0.5) is 5.69 Å². The van der Waals surface area contributed by atoms with E-state index in [9.17, 15) is 34.8 Å². The fourth-order valence-electron chi connectivity index (χ4n) is 2.78. The Morgan fingerprint density at radius 3 is 1.46 bits per heavy atom. The van der Waals surface area contributed by atoms with E-state index in [1.54, 1.807) is 29.6 Å². The summed E-state index contributed by atoms with van der Waals surface area (Å²) in [4.78, 5) is 38.6. The molecule has 16 heteroatoms. The Hall–Kier alpha value is -0.460. The predicted octanol–water partition coefficient (Wildman–Crippen LogP) is -2.45. The van der Waals surface area contributed by atoms with E-state index < -0.39 is 68.4 Å². The minimum atomic E-state index is -1.45. The van der Waals surface area contributed by atoms with Crippen LogP contribution >= 0.6 is 67.8 Å². The van der Waals surface area contributed by atoms with Crippen molar-refractivity contribution in [1.29, 1.82) is 0 Å². The molecule has 0 spiro atoms. The van der Waals surface area contributed by atoms with Crippen molar-refractivity contribution in [2.75, 3.05) is 45.3 Å². The third kappa shape index (κ3) is 8.53. The lowest BCUT2D eigenvalue weighted by molar-refractivity contribution is -0.115. The van der Waals surface area contributed by atoms with Gasteiger partial charge in [-0.3, -0.25) is 14.4 Å². The normalized spacial score (nSPS) is 14.6. The number of rotatable bonds is 13. The molecule has 0 radical (unpaired) electrons. The molecule has 0 heterocycles. The third-order valence-electron chi connectivity index (χ3n) is 4.70. The number of carbonyl (C=O) groups excluding carboxylic acids is 3. The molecule has 13 nitrogen and oxygen atoms in total. The lowest BCUT2D eigenvalue weighted by Crippen LogP contribution is -2.48. The molecule has 35 heavy (non-hydrogen) atoms. The maximum atomic E-state index is 13.2. The number of halogens is 3. The van der Waals surface area contributed by atoms with Crippen LogP contribution in [-0.4, -0.2) is 113 Å². The van der Waals surface area contributed by atoms with Gasteiger partial charge in [-0.25, -0.2) is 0 Å². The Morgan fingerprint density at radius 1 is 0.743 bits per heavy atom. The van der Waals surface area contributed by atoms with Gasteiger partial charge in [0.1, 0.15) is 0 Å². The number of aliphatic hydroxyl groups is 6. The Bertz CT molecular complexity index is 863. The summed E-state index contributed by atoms with van der Waals surface area (Å²) in [5, 5.41) is 67.2. The Kier molecular flexibility index (Phi) is 14.6. The molecule has 10 N–H and O–H groups in total. The van der Waals surface area contributed by atoms with Gasteiger partial charge in [0.25, 0.3) is 11.8 Å². The number of anilines is 1. The molecule has 0 aliphatic carbocycles. The van der Waals surface area contributed by atoms with Gasteiger partial charge in [-0.05, 0) is 74.8 Å². The molecule has 0 aliphatic heterocycles. The Morgan fingerprint density at radius 2 is 1.14 bits per heavy atom. The molecule has 0 bridgehead atoms. The van der Waals surface area contributed by atoms with Crippen molar-refractivity contribution in [2.24, 2.45) is 0 Å². The van der Waals surface area contributed by atoms with Gasteiger partial charge in [-0.1, -0.05) is 0 Å². The van der Waals surface area contributed by atoms with E-state index in [4.69, 9.17) is 10.2 Å². The molecule has 0 aliphatic rings. The summed E-state index contributed by atoms with van der Waals surface area (Å²) in [5.41, 5.74) is 0.0420. The van der Waals surface area contributed by atoms with Gasteiger partial charge in [-0.2, -0.15) is 0 Å². The first kappa shape index (κ1) is 32.6. The maximum absolute atomic E-state index is 13.2. The number of hydrogen-bond donors (Lipinski definition) is 10. The number of carbonyl (C=O) groups is 3. The highest BCUT2D eigenvalue weighted by Crippen LogP contribution is 2.36. The third-order valence-corrected chi connectivity index (χ3v) is 7.94. The number of amides is 3. The fraction of sp³-hybridized carbons (Fsp3) is 0.526. The van der Waals surface area contributed by atoms with Gasteiger partial charge in [0.15, 0.2) is 0 Å². The second-order valence-electron chi connectivity index (χ2n) is 7.17. The summed E-state index contributed by atoms with van der Waals surface area (Å²) in [6.45, 7) is -2.86. The molecular weight excluding hydrogens is 809 g/mol. The summed E-state index contributed by atoms with van der Waals surface area (Å²) in [6, 6.07) is -2.42. The summed E-state index contributed by atoms with van der Waals surface area (Å²) in [5.74, 6) is -2.06. The van der Waals surface area contributed by atoms with E-state index in [2.05, 4.69) is 21.3 Å². The van der Waals surface area contributed by atoms with Crippen LogP contribution in [0, 0.1) is 10.7 Å². The van der Waals surface area contributed by atoms with E-state index in [1.807, 2.05) is 45.2 Å². The van der Waals surface area contributed by atoms with Crippen LogP contribution < -0.4 is 21.3 Å². The predicted molar refractivity (Wildman–Crippen MR) is 150 cm³/mol. The molecule has 4 atom stereocenters. The molecule has 0 aromatic heterocycles. The van der Waals surface area contributed by atoms with Crippen molar-refractivity contribution in [2.45, 2.75) is 24.3 Å². The average molecular weight is 836 g/mol. The van der Waals surface area contributed by atoms with Crippen molar-refractivity contribution in [3.8, 4) is 0 Å². The first-order chi connectivity index (χ1) is 16.5. The maximum Gasteiger partial charge on any atom is 0.253 e. The van der Waals surface area contributed by atoms with Gasteiger partial charge in [-0.15, -0.1) is 0 Å². The molecule has 4 unspecified atom stereocenters. The quantitative estimate of drug-likeness (QED) is 0.0946. The second kappa shape index (κ2) is 15.7. The van der Waals surface area contributed by atoms with Crippen molar-refractivity contribution in [3.05, 3.63) is 21.8 Å². The van der Waals surface area contributed by atoms with Crippen LogP contribution in [0.25, 0.3) is 0 Å². The molecule has 1 aromatic rings. The van der Waals surface area contributed by atoms with E-state index in [0.717, 1.165) is 0 Å². The number of hydrogen-bond acceptors (Lipinski definition) is 10. The standard InChI is InChI=1S/C19H27I3N4O9/c1-23-2-11(33)26-17-15(21)12(18(34)24-7(3-27)9(31)5-29)14(20)13(16(17)22)19(35)25-8(4-28)10(32)6-30/h7-10,23,27-32H,2-6H2,1H3,(H,24,34)(H,25,35)(H,26,33). The van der Waals surface area contributed by atoms with Crippen molar-refractivity contribution in [1.82, 2.24) is 16.0 Å². The summed E-state index contributed by atoms with van der Waals surface area (Å²) in [6.07, 6.45) is -2.91. The largest absolute Gasteiger partial charge is 0.394 e. The highest BCUT2D eigenvalue weighted by Gasteiger charge is 2.32. The SMILES string of the molecule is CNCC(=O)Nc1c(I)c(C(=O)NC(CO)C(O)CO)c(I)c(C(=O)NC(CO)C(O)CO)c1I. The molecule has 0 fully saturated rings. The molecular formula is C19H27I3N4O9. The van der Waals surface area contributed by atoms with E-state index in [-0.39, 0.29) is 34.1 Å². The van der Waals surface area contributed by atoms with Crippen molar-refractivity contribution >= 4 is 91.2 Å². The van der Waals surface area contributed by atoms with Crippen LogP contribution in [0.2, 0.25) is 0 Å². The number of nitrogens with one attached hydrogen (secondary N) is 4. The lowest BCUT2D eigenvalue weighted by atomic mass is 10.1. The average Bonchev–Trinajstić information content (AvgIpc) is 2.82. The van der Waals surface area contributed by atoms with E-state index in [0.29, 0.717) is 0 Å². The van der Waals surface area contributed by atoms with E-state index >= 15 is 0 Å². The van der Waals surface area contributed by atoms with Crippen LogP contribution in [0.1, 0.15) is 20.7 Å². The zero-order valence-corrected chi connectivity index (χ0v) is 24.9. The van der Waals surface area contributed by atoms with Crippen LogP contribution in [0.5, 0.6) is 0 Å². The first-order valence-corrected chi connectivity index (χ1v) is 13.3. The monoisotopic (exact) mass is 836 g/mol. The van der Waals surface area contributed by atoms with Crippen LogP contribution in [-0.2, 0) is 4.79 Å². The molecule has 0 saturated carbocycles. The summed E-state index contributed by atoms with van der Waals surface area (Å²) >= 11 is 5.39. The zero-order chi connectivity index (χ0) is 26.9. The van der Waals surface area contributed by atoms with Gasteiger partial charge < -0.3 is 51.9 Å². The highest BCUT2D eigenvalue weighted by molar-refractivity contribution is 14.1. The zero-order valence-electron chi connectivity index (χ0n) is 18.4. The lowest BCUT2D eigenvalue weighted by Gasteiger charge is -2.25. The molecule has 1 aromatic carbocycles. The number of benzene rings is 1. The van der Waals surface area contributed by atoms with Crippen LogP contribution in [0.15, 0.2) is 0 Å². The number of likely N-dealkylation sites (N-methyl/N-ethyl adjacent to an activating group) is 1. The summed E-state index contributed by atoms with van der Waals surface area (Å²) in [7, 11) is 1.56. The topological polar surface area (TPSA) is 221 Å².